The van der Waals surface area contributed by atoms with Gasteiger partial charge >= 0.3 is 5.51 Å². The Kier molecular flexibility index (Phi) is 2.60. The van der Waals surface area contributed by atoms with E-state index >= 15 is 0 Å². The maximum atomic E-state index is 11.9. The van der Waals surface area contributed by atoms with Crippen molar-refractivity contribution in [1.29, 1.82) is 0 Å². The zero-order valence-electron chi connectivity index (χ0n) is 6.43. The number of hydrogen-bond acceptors (Lipinski definition) is 3. The smallest absolute Gasteiger partial charge is 0.399 e. The zero-order chi connectivity index (χ0) is 10.1. The van der Waals surface area contributed by atoms with Gasteiger partial charge in [0.25, 0.3) is 0 Å². The molecule has 0 amide bonds. The van der Waals surface area contributed by atoms with Gasteiger partial charge in [0.2, 0.25) is 0 Å². The summed E-state index contributed by atoms with van der Waals surface area (Å²) in [5, 5.41) is 0. The van der Waals surface area contributed by atoms with Crippen LogP contribution in [0, 0.1) is 0 Å². The molecular formula is C7H7F3N2S. The van der Waals surface area contributed by atoms with E-state index in [-0.39, 0.29) is 28.0 Å². The Morgan fingerprint density at radius 3 is 1.85 bits per heavy atom. The number of anilines is 2. The fourth-order valence-electron chi connectivity index (χ4n) is 0.839. The van der Waals surface area contributed by atoms with Gasteiger partial charge in [0.1, 0.15) is 0 Å². The monoisotopic (exact) mass is 208 g/mol. The molecule has 0 atom stereocenters. The van der Waals surface area contributed by atoms with Crippen LogP contribution >= 0.6 is 11.8 Å². The zero-order valence-corrected chi connectivity index (χ0v) is 7.25. The van der Waals surface area contributed by atoms with Crippen LogP contribution in [0.3, 0.4) is 0 Å². The first-order valence-corrected chi connectivity index (χ1v) is 4.10. The van der Waals surface area contributed by atoms with Crippen molar-refractivity contribution >= 4 is 23.1 Å². The Morgan fingerprint density at radius 2 is 1.46 bits per heavy atom. The Bertz CT molecular complexity index is 291. The van der Waals surface area contributed by atoms with Crippen LogP contribution in [0.1, 0.15) is 0 Å². The number of nitrogen functional groups attached to an aromatic ring is 2. The van der Waals surface area contributed by atoms with Crippen LogP contribution in [0.5, 0.6) is 0 Å². The van der Waals surface area contributed by atoms with Crippen LogP contribution in [0.25, 0.3) is 0 Å². The van der Waals surface area contributed by atoms with Gasteiger partial charge in [-0.15, -0.1) is 0 Å². The van der Waals surface area contributed by atoms with Crippen molar-refractivity contribution in [3.8, 4) is 0 Å². The molecule has 0 fully saturated rings. The fraction of sp³-hybridized carbons (Fsp3) is 0.143. The minimum absolute atomic E-state index is 0.00463. The van der Waals surface area contributed by atoms with Crippen LogP contribution in [-0.2, 0) is 0 Å². The summed E-state index contributed by atoms with van der Waals surface area (Å²) < 4.78 is 35.7. The third kappa shape index (κ3) is 3.45. The predicted molar refractivity (Wildman–Crippen MR) is 47.2 cm³/mol. The molecule has 6 heteroatoms. The number of benzene rings is 1. The third-order valence-corrected chi connectivity index (χ3v) is 1.89. The van der Waals surface area contributed by atoms with E-state index in [2.05, 4.69) is 0 Å². The van der Waals surface area contributed by atoms with Crippen molar-refractivity contribution in [2.75, 3.05) is 11.5 Å². The molecule has 0 aliphatic heterocycles. The molecule has 1 aromatic carbocycles. The molecule has 0 unspecified atom stereocenters. The molecule has 4 N–H and O–H groups in total. The molecule has 0 spiro atoms. The maximum Gasteiger partial charge on any atom is 0.446 e. The molecule has 0 radical (unpaired) electrons. The minimum atomic E-state index is -4.31. The molecule has 72 valence electrons. The van der Waals surface area contributed by atoms with E-state index in [9.17, 15) is 13.2 Å². The highest BCUT2D eigenvalue weighted by molar-refractivity contribution is 8.00. The number of hydrogen-bond donors (Lipinski definition) is 2. The summed E-state index contributed by atoms with van der Waals surface area (Å²) in [6.07, 6.45) is 0. The van der Waals surface area contributed by atoms with E-state index < -0.39 is 5.51 Å². The average Bonchev–Trinajstić information content (AvgIpc) is 1.78. The van der Waals surface area contributed by atoms with Crippen molar-refractivity contribution in [2.45, 2.75) is 10.4 Å². The second-order valence-corrected chi connectivity index (χ2v) is 3.52. The van der Waals surface area contributed by atoms with Crippen LogP contribution < -0.4 is 11.5 Å². The lowest BCUT2D eigenvalue weighted by Gasteiger charge is -2.06. The van der Waals surface area contributed by atoms with Gasteiger partial charge in [0.15, 0.2) is 0 Å². The average molecular weight is 208 g/mol. The quantitative estimate of drug-likeness (QED) is 0.550. The predicted octanol–water partition coefficient (Wildman–Crippen LogP) is 2.46. The lowest BCUT2D eigenvalue weighted by molar-refractivity contribution is -0.0328. The van der Waals surface area contributed by atoms with E-state index in [1.165, 1.54) is 18.2 Å². The van der Waals surface area contributed by atoms with Crippen LogP contribution in [0.15, 0.2) is 23.1 Å². The van der Waals surface area contributed by atoms with E-state index in [4.69, 9.17) is 11.5 Å². The first-order chi connectivity index (χ1) is 5.87. The Balaban J connectivity index is 2.90. The summed E-state index contributed by atoms with van der Waals surface area (Å²) >= 11 is -0.231. The first-order valence-electron chi connectivity index (χ1n) is 3.28. The van der Waals surface area contributed by atoms with E-state index in [0.29, 0.717) is 0 Å². The van der Waals surface area contributed by atoms with Crippen LogP contribution in [0.2, 0.25) is 0 Å². The maximum absolute atomic E-state index is 11.9. The first kappa shape index (κ1) is 10.0. The van der Waals surface area contributed by atoms with Crippen LogP contribution in [-0.4, -0.2) is 5.51 Å². The van der Waals surface area contributed by atoms with Gasteiger partial charge in [0.05, 0.1) is 0 Å². The highest BCUT2D eigenvalue weighted by Gasteiger charge is 2.29. The second kappa shape index (κ2) is 3.37. The largest absolute Gasteiger partial charge is 0.446 e. The molecule has 0 saturated carbocycles. The fourth-order valence-corrected chi connectivity index (χ4v) is 1.50. The van der Waals surface area contributed by atoms with Crippen molar-refractivity contribution in [3.63, 3.8) is 0 Å². The molecule has 0 aromatic heterocycles. The summed E-state index contributed by atoms with van der Waals surface area (Å²) in [5.74, 6) is 0. The molecule has 0 aliphatic rings. The SMILES string of the molecule is Nc1cc(N)cc(SC(F)(F)F)c1. The van der Waals surface area contributed by atoms with E-state index in [1.54, 1.807) is 0 Å². The minimum Gasteiger partial charge on any atom is -0.399 e. The summed E-state index contributed by atoms with van der Waals surface area (Å²) in [7, 11) is 0. The standard InChI is InChI=1S/C7H7F3N2S/c8-7(9,10)13-6-2-4(11)1-5(12)3-6/h1-3H,11-12H2. The van der Waals surface area contributed by atoms with E-state index in [0.717, 1.165) is 0 Å². The Labute approximate surface area is 77.1 Å². The molecule has 0 aliphatic carbocycles. The van der Waals surface area contributed by atoms with Crippen LogP contribution in [0.4, 0.5) is 24.5 Å². The third-order valence-electron chi connectivity index (χ3n) is 1.18. The van der Waals surface area contributed by atoms with Gasteiger partial charge in [0, 0.05) is 16.3 Å². The van der Waals surface area contributed by atoms with Crippen molar-refractivity contribution < 1.29 is 13.2 Å². The van der Waals surface area contributed by atoms with Gasteiger partial charge in [-0.05, 0) is 30.0 Å². The summed E-state index contributed by atoms with van der Waals surface area (Å²) in [6.45, 7) is 0. The summed E-state index contributed by atoms with van der Waals surface area (Å²) in [6, 6.07) is 3.86. The van der Waals surface area contributed by atoms with Crippen molar-refractivity contribution in [2.24, 2.45) is 0 Å². The molecule has 1 aromatic rings. The number of halogens is 3. The highest BCUT2D eigenvalue weighted by Crippen LogP contribution is 2.38. The molecule has 0 saturated heterocycles. The molecule has 13 heavy (non-hydrogen) atoms. The molecule has 0 heterocycles. The summed E-state index contributed by atoms with van der Waals surface area (Å²) in [4.78, 5) is 0.00463. The van der Waals surface area contributed by atoms with E-state index in [1.807, 2.05) is 0 Å². The highest BCUT2D eigenvalue weighted by atomic mass is 32.2. The van der Waals surface area contributed by atoms with Gasteiger partial charge in [-0.1, -0.05) is 0 Å². The lowest BCUT2D eigenvalue weighted by Crippen LogP contribution is -2.00. The number of rotatable bonds is 1. The van der Waals surface area contributed by atoms with Gasteiger partial charge in [-0.2, -0.15) is 13.2 Å². The lowest BCUT2D eigenvalue weighted by atomic mass is 10.3. The molecule has 2 nitrogen and oxygen atoms in total. The summed E-state index contributed by atoms with van der Waals surface area (Å²) in [5.41, 5.74) is 6.79. The number of nitrogens with two attached hydrogens (primary N) is 2. The van der Waals surface area contributed by atoms with Gasteiger partial charge in [-0.25, -0.2) is 0 Å². The van der Waals surface area contributed by atoms with Crippen molar-refractivity contribution in [3.05, 3.63) is 18.2 Å². The molecule has 1 rings (SSSR count). The molecule has 0 bridgehead atoms. The topological polar surface area (TPSA) is 52.0 Å². The Morgan fingerprint density at radius 1 is 1.00 bits per heavy atom. The second-order valence-electron chi connectivity index (χ2n) is 2.38. The van der Waals surface area contributed by atoms with Crippen molar-refractivity contribution in [1.82, 2.24) is 0 Å². The normalized spacial score (nSPS) is 11.6. The Hall–Kier alpha value is -1.04. The van der Waals surface area contributed by atoms with Gasteiger partial charge in [-0.3, -0.25) is 0 Å². The molecular weight excluding hydrogens is 201 g/mol. The number of thioether (sulfide) groups is 1. The number of alkyl halides is 3. The van der Waals surface area contributed by atoms with Gasteiger partial charge < -0.3 is 11.5 Å².